The summed E-state index contributed by atoms with van der Waals surface area (Å²) in [4.78, 5) is 18.2. The van der Waals surface area contributed by atoms with Crippen molar-refractivity contribution in [1.82, 2.24) is 9.88 Å². The number of halogens is 1. The minimum absolute atomic E-state index is 0.110. The van der Waals surface area contributed by atoms with Gasteiger partial charge in [0.25, 0.3) is 6.01 Å². The van der Waals surface area contributed by atoms with Gasteiger partial charge in [-0.15, -0.1) is 0 Å². The van der Waals surface area contributed by atoms with E-state index in [0.717, 1.165) is 22.0 Å². The molecule has 1 aromatic carbocycles. The molecule has 3 rings (SSSR count). The van der Waals surface area contributed by atoms with E-state index in [2.05, 4.69) is 26.2 Å². The maximum Gasteiger partial charge on any atom is 0.410 e. The Kier molecular flexibility index (Phi) is 4.23. The molecule has 1 aliphatic rings. The van der Waals surface area contributed by atoms with E-state index in [1.807, 2.05) is 39.0 Å². The van der Waals surface area contributed by atoms with E-state index in [1.165, 1.54) is 0 Å². The van der Waals surface area contributed by atoms with E-state index < -0.39 is 5.60 Å². The standard InChI is InChI=1S/C16H20BrN3O3/c1-16(2,3)23-15(21)20-7-6-11(9-20)18-14-19-12-5-4-10(17)8-13(12)22-14/h4-5,8,11H,6-7,9H2,1-3H3,(H,18,19)/t11-/m1/s1. The largest absolute Gasteiger partial charge is 0.444 e. The highest BCUT2D eigenvalue weighted by Gasteiger charge is 2.30. The molecule has 0 bridgehead atoms. The highest BCUT2D eigenvalue weighted by molar-refractivity contribution is 9.10. The molecule has 124 valence electrons. The maximum absolute atomic E-state index is 12.1. The highest BCUT2D eigenvalue weighted by Crippen LogP contribution is 2.24. The Balaban J connectivity index is 1.61. The van der Waals surface area contributed by atoms with Gasteiger partial charge in [-0.2, -0.15) is 4.98 Å². The molecular formula is C16H20BrN3O3. The van der Waals surface area contributed by atoms with Gasteiger partial charge in [0, 0.05) is 23.6 Å². The number of hydrogen-bond acceptors (Lipinski definition) is 5. The molecule has 1 aromatic heterocycles. The lowest BCUT2D eigenvalue weighted by atomic mass is 10.2. The third-order valence-corrected chi connectivity index (χ3v) is 4.01. The van der Waals surface area contributed by atoms with Crippen LogP contribution >= 0.6 is 15.9 Å². The van der Waals surface area contributed by atoms with Crippen molar-refractivity contribution in [1.29, 1.82) is 0 Å². The summed E-state index contributed by atoms with van der Waals surface area (Å²) in [5.41, 5.74) is 1.05. The van der Waals surface area contributed by atoms with Crippen molar-refractivity contribution < 1.29 is 13.9 Å². The number of hydrogen-bond donors (Lipinski definition) is 1. The fraction of sp³-hybridized carbons (Fsp3) is 0.500. The summed E-state index contributed by atoms with van der Waals surface area (Å²) in [6, 6.07) is 6.30. The van der Waals surface area contributed by atoms with Crippen molar-refractivity contribution in [2.24, 2.45) is 0 Å². The molecule has 1 aliphatic heterocycles. The van der Waals surface area contributed by atoms with Gasteiger partial charge in [-0.05, 0) is 45.4 Å². The Morgan fingerprint density at radius 2 is 2.26 bits per heavy atom. The first kappa shape index (κ1) is 16.1. The quantitative estimate of drug-likeness (QED) is 0.850. The molecule has 2 heterocycles. The van der Waals surface area contributed by atoms with E-state index in [0.29, 0.717) is 19.1 Å². The van der Waals surface area contributed by atoms with E-state index in [4.69, 9.17) is 9.15 Å². The zero-order chi connectivity index (χ0) is 16.6. The van der Waals surface area contributed by atoms with Gasteiger partial charge in [0.05, 0.1) is 0 Å². The summed E-state index contributed by atoms with van der Waals surface area (Å²) in [6.45, 7) is 6.85. The van der Waals surface area contributed by atoms with Gasteiger partial charge in [0.2, 0.25) is 0 Å². The number of carbonyl (C=O) groups is 1. The Hall–Kier alpha value is -1.76. The zero-order valence-electron chi connectivity index (χ0n) is 13.4. The SMILES string of the molecule is CC(C)(C)OC(=O)N1CC[C@@H](Nc2nc3ccc(Br)cc3o2)C1. The second kappa shape index (κ2) is 6.03. The molecule has 23 heavy (non-hydrogen) atoms. The average molecular weight is 382 g/mol. The van der Waals surface area contributed by atoms with Crippen molar-refractivity contribution in [3.63, 3.8) is 0 Å². The van der Waals surface area contributed by atoms with Crippen LogP contribution in [0.15, 0.2) is 27.1 Å². The smallest absolute Gasteiger partial charge is 0.410 e. The molecule has 0 radical (unpaired) electrons. The number of anilines is 1. The van der Waals surface area contributed by atoms with Crippen LogP contribution < -0.4 is 5.32 Å². The highest BCUT2D eigenvalue weighted by atomic mass is 79.9. The maximum atomic E-state index is 12.1. The molecule has 1 N–H and O–H groups in total. The Bertz CT molecular complexity index is 723. The normalized spacial score (nSPS) is 18.4. The van der Waals surface area contributed by atoms with Gasteiger partial charge in [0.1, 0.15) is 11.1 Å². The Morgan fingerprint density at radius 1 is 1.48 bits per heavy atom. The van der Waals surface area contributed by atoms with Crippen molar-refractivity contribution in [2.75, 3.05) is 18.4 Å². The number of fused-ring (bicyclic) bond motifs is 1. The van der Waals surface area contributed by atoms with Crippen LogP contribution in [0.2, 0.25) is 0 Å². The van der Waals surface area contributed by atoms with Gasteiger partial charge >= 0.3 is 6.09 Å². The summed E-state index contributed by atoms with van der Waals surface area (Å²) in [5.74, 6) is 0. The van der Waals surface area contributed by atoms with Gasteiger partial charge in [-0.25, -0.2) is 4.79 Å². The molecular weight excluding hydrogens is 362 g/mol. The number of amides is 1. The van der Waals surface area contributed by atoms with E-state index in [-0.39, 0.29) is 12.1 Å². The van der Waals surface area contributed by atoms with Crippen molar-refractivity contribution >= 4 is 39.1 Å². The monoisotopic (exact) mass is 381 g/mol. The number of rotatable bonds is 2. The third kappa shape index (κ3) is 3.96. The molecule has 0 unspecified atom stereocenters. The zero-order valence-corrected chi connectivity index (χ0v) is 15.0. The fourth-order valence-corrected chi connectivity index (χ4v) is 2.85. The molecule has 1 saturated heterocycles. The minimum Gasteiger partial charge on any atom is -0.444 e. The molecule has 2 aromatic rings. The van der Waals surface area contributed by atoms with Crippen LogP contribution in [0.1, 0.15) is 27.2 Å². The predicted octanol–water partition coefficient (Wildman–Crippen LogP) is 4.01. The molecule has 1 amide bonds. The number of carbonyl (C=O) groups excluding carboxylic acids is 1. The third-order valence-electron chi connectivity index (χ3n) is 3.52. The molecule has 0 aliphatic carbocycles. The Labute approximate surface area is 143 Å². The van der Waals surface area contributed by atoms with Crippen LogP contribution in [0, 0.1) is 0 Å². The number of oxazole rings is 1. The van der Waals surface area contributed by atoms with Crippen LogP contribution in [0.4, 0.5) is 10.8 Å². The van der Waals surface area contributed by atoms with Crippen LogP contribution in [0.3, 0.4) is 0 Å². The lowest BCUT2D eigenvalue weighted by Gasteiger charge is -2.24. The van der Waals surface area contributed by atoms with E-state index in [1.54, 1.807) is 4.90 Å². The molecule has 1 fully saturated rings. The van der Waals surface area contributed by atoms with Crippen LogP contribution in [-0.2, 0) is 4.74 Å². The average Bonchev–Trinajstić information content (AvgIpc) is 3.03. The molecule has 6 nitrogen and oxygen atoms in total. The molecule has 0 spiro atoms. The van der Waals surface area contributed by atoms with Crippen LogP contribution in [-0.4, -0.2) is 40.7 Å². The first-order valence-electron chi connectivity index (χ1n) is 7.61. The number of ether oxygens (including phenoxy) is 1. The summed E-state index contributed by atoms with van der Waals surface area (Å²) in [7, 11) is 0. The van der Waals surface area contributed by atoms with Gasteiger partial charge < -0.3 is 19.4 Å². The number of nitrogens with one attached hydrogen (secondary N) is 1. The lowest BCUT2D eigenvalue weighted by Crippen LogP contribution is -2.36. The summed E-state index contributed by atoms with van der Waals surface area (Å²) >= 11 is 3.41. The van der Waals surface area contributed by atoms with Crippen molar-refractivity contribution in [3.8, 4) is 0 Å². The number of nitrogens with zero attached hydrogens (tertiary/aromatic N) is 2. The molecule has 7 heteroatoms. The van der Waals surface area contributed by atoms with Gasteiger partial charge in [-0.3, -0.25) is 0 Å². The van der Waals surface area contributed by atoms with Crippen LogP contribution in [0.25, 0.3) is 11.1 Å². The van der Waals surface area contributed by atoms with Gasteiger partial charge in [-0.1, -0.05) is 15.9 Å². The Morgan fingerprint density at radius 3 is 3.00 bits per heavy atom. The first-order valence-corrected chi connectivity index (χ1v) is 8.40. The summed E-state index contributed by atoms with van der Waals surface area (Å²) < 4.78 is 12.0. The molecule has 0 saturated carbocycles. The topological polar surface area (TPSA) is 67.6 Å². The molecule has 1 atom stereocenters. The van der Waals surface area contributed by atoms with E-state index >= 15 is 0 Å². The fourth-order valence-electron chi connectivity index (χ4n) is 2.51. The van der Waals surface area contributed by atoms with Gasteiger partial charge in [0.15, 0.2) is 5.58 Å². The van der Waals surface area contributed by atoms with Crippen molar-refractivity contribution in [3.05, 3.63) is 22.7 Å². The number of benzene rings is 1. The first-order chi connectivity index (χ1) is 10.8. The van der Waals surface area contributed by atoms with E-state index in [9.17, 15) is 4.79 Å². The number of aromatic nitrogens is 1. The van der Waals surface area contributed by atoms with Crippen molar-refractivity contribution in [2.45, 2.75) is 38.8 Å². The minimum atomic E-state index is -0.476. The lowest BCUT2D eigenvalue weighted by molar-refractivity contribution is 0.0293. The summed E-state index contributed by atoms with van der Waals surface area (Å²) in [6.07, 6.45) is 0.560. The summed E-state index contributed by atoms with van der Waals surface area (Å²) in [5, 5.41) is 3.25. The predicted molar refractivity (Wildman–Crippen MR) is 91.5 cm³/mol. The second-order valence-corrected chi connectivity index (χ2v) is 7.60. The number of likely N-dealkylation sites (tertiary alicyclic amines) is 1. The van der Waals surface area contributed by atoms with Crippen LogP contribution in [0.5, 0.6) is 0 Å². The second-order valence-electron chi connectivity index (χ2n) is 6.69.